The Morgan fingerprint density at radius 3 is 1.79 bits per heavy atom. The minimum Gasteiger partial charge on any atom is -0.480 e. The Kier molecular flexibility index (Phi) is 7.51. The van der Waals surface area contributed by atoms with Crippen LogP contribution in [0.1, 0.15) is 11.1 Å². The number of hydrogen-bond acceptors (Lipinski definition) is 4. The summed E-state index contributed by atoms with van der Waals surface area (Å²) in [6, 6.07) is 15.8. The molecule has 1 aliphatic rings. The molecular formula is C27H33N4O2+. The summed E-state index contributed by atoms with van der Waals surface area (Å²) in [7, 11) is 9.98. The highest BCUT2D eigenvalue weighted by Crippen LogP contribution is 2.32. The maximum atomic E-state index is 11.1. The number of hydrogen-bond donors (Lipinski definition) is 2. The van der Waals surface area contributed by atoms with E-state index in [9.17, 15) is 4.79 Å². The van der Waals surface area contributed by atoms with E-state index in [-0.39, 0.29) is 6.54 Å². The first-order valence-corrected chi connectivity index (χ1v) is 10.9. The standard InChI is InChI=1S/C27H32N4O2/c1-29(2)22-12-6-19(7-13-22)26(20-8-14-23(15-9-20)30(3)4)21-10-16-24(17-11-21)31(5)18-25(28)27(32)33/h6-17,25H,18,28H2,1-5H3/p+1/t25-/m0/s1. The van der Waals surface area contributed by atoms with Gasteiger partial charge in [-0.1, -0.05) is 24.3 Å². The lowest BCUT2D eigenvalue weighted by Crippen LogP contribution is -2.41. The summed E-state index contributed by atoms with van der Waals surface area (Å²) >= 11 is 0. The van der Waals surface area contributed by atoms with E-state index in [1.54, 1.807) is 0 Å². The van der Waals surface area contributed by atoms with Gasteiger partial charge in [-0.2, -0.15) is 0 Å². The first-order valence-electron chi connectivity index (χ1n) is 10.9. The number of carbonyl (C=O) groups is 1. The number of anilines is 2. The molecule has 2 aromatic rings. The minimum atomic E-state index is -1.00. The lowest BCUT2D eigenvalue weighted by molar-refractivity contribution is -0.462. The molecule has 0 fully saturated rings. The molecule has 0 amide bonds. The Balaban J connectivity index is 2.01. The van der Waals surface area contributed by atoms with Crippen molar-refractivity contribution in [2.75, 3.05) is 51.6 Å². The van der Waals surface area contributed by atoms with Gasteiger partial charge >= 0.3 is 5.97 Å². The lowest BCUT2D eigenvalue weighted by Gasteiger charge is -2.22. The van der Waals surface area contributed by atoms with Crippen molar-refractivity contribution in [2.24, 2.45) is 5.73 Å². The molecule has 0 saturated carbocycles. The molecule has 33 heavy (non-hydrogen) atoms. The Labute approximate surface area is 196 Å². The van der Waals surface area contributed by atoms with Gasteiger partial charge in [0, 0.05) is 51.2 Å². The van der Waals surface area contributed by atoms with Gasteiger partial charge in [0.15, 0.2) is 5.71 Å². The van der Waals surface area contributed by atoms with Crippen LogP contribution in [-0.2, 0) is 4.79 Å². The van der Waals surface area contributed by atoms with Gasteiger partial charge in [0.1, 0.15) is 20.1 Å². The molecule has 2 aromatic carbocycles. The highest BCUT2D eigenvalue weighted by molar-refractivity contribution is 6.04. The second-order valence-corrected chi connectivity index (χ2v) is 8.63. The second-order valence-electron chi connectivity index (χ2n) is 8.63. The van der Waals surface area contributed by atoms with Crippen molar-refractivity contribution in [1.29, 1.82) is 0 Å². The maximum Gasteiger partial charge on any atom is 0.322 e. The predicted molar refractivity (Wildman–Crippen MR) is 138 cm³/mol. The zero-order valence-electron chi connectivity index (χ0n) is 20.0. The molecule has 3 N–H and O–H groups in total. The number of rotatable bonds is 7. The number of allylic oxidation sites excluding steroid dienone is 5. The largest absolute Gasteiger partial charge is 0.480 e. The van der Waals surface area contributed by atoms with Gasteiger partial charge in [-0.15, -0.1) is 0 Å². The van der Waals surface area contributed by atoms with E-state index in [2.05, 4.69) is 70.2 Å². The zero-order valence-corrected chi connectivity index (χ0v) is 20.0. The molecule has 0 spiro atoms. The molecule has 1 aliphatic carbocycles. The summed E-state index contributed by atoms with van der Waals surface area (Å²) < 4.78 is 2.09. The van der Waals surface area contributed by atoms with E-state index in [0.29, 0.717) is 0 Å². The smallest absolute Gasteiger partial charge is 0.322 e. The quantitative estimate of drug-likeness (QED) is 0.640. The average Bonchev–Trinajstić information content (AvgIpc) is 2.80. The van der Waals surface area contributed by atoms with E-state index in [4.69, 9.17) is 10.8 Å². The van der Waals surface area contributed by atoms with Crippen molar-refractivity contribution in [3.05, 3.63) is 89.5 Å². The SMILES string of the molecule is CN(C)c1ccc(C(=C2C=CC(=[N+](C)C)C=C2)c2ccc(N(C)C[C@H](N)C(=O)O)cc2)cc1. The molecule has 0 heterocycles. The van der Waals surface area contributed by atoms with Gasteiger partial charge < -0.3 is 20.6 Å². The highest BCUT2D eigenvalue weighted by atomic mass is 16.4. The number of likely N-dealkylation sites (N-methyl/N-ethyl adjacent to an activating group) is 1. The average molecular weight is 446 g/mol. The summed E-state index contributed by atoms with van der Waals surface area (Å²) in [5, 5.41) is 9.09. The summed E-state index contributed by atoms with van der Waals surface area (Å²) in [6.45, 7) is 0.239. The molecule has 0 bridgehead atoms. The van der Waals surface area contributed by atoms with Crippen LogP contribution in [0.2, 0.25) is 0 Å². The van der Waals surface area contributed by atoms with Crippen molar-refractivity contribution in [1.82, 2.24) is 0 Å². The Morgan fingerprint density at radius 2 is 1.36 bits per heavy atom. The minimum absolute atomic E-state index is 0.239. The van der Waals surface area contributed by atoms with Crippen molar-refractivity contribution in [2.45, 2.75) is 6.04 Å². The van der Waals surface area contributed by atoms with Crippen LogP contribution >= 0.6 is 0 Å². The van der Waals surface area contributed by atoms with Crippen LogP contribution in [0.15, 0.2) is 78.4 Å². The zero-order chi connectivity index (χ0) is 24.1. The van der Waals surface area contributed by atoms with Gasteiger partial charge in [-0.3, -0.25) is 4.79 Å². The fraction of sp³-hybridized carbons (Fsp3) is 0.259. The molecule has 172 valence electrons. The first-order chi connectivity index (χ1) is 15.7. The molecule has 0 aliphatic heterocycles. The number of carboxylic acids is 1. The number of benzene rings is 2. The van der Waals surface area contributed by atoms with Crippen LogP contribution in [0, 0.1) is 0 Å². The molecule has 0 radical (unpaired) electrons. The predicted octanol–water partition coefficient (Wildman–Crippen LogP) is 3.24. The number of carboxylic acid groups (broad SMARTS) is 1. The monoisotopic (exact) mass is 445 g/mol. The molecule has 6 nitrogen and oxygen atoms in total. The topological polar surface area (TPSA) is 72.8 Å². The molecule has 1 atom stereocenters. The molecule has 3 rings (SSSR count). The van der Waals surface area contributed by atoms with E-state index in [0.717, 1.165) is 39.4 Å². The molecule has 0 aromatic heterocycles. The van der Waals surface area contributed by atoms with Gasteiger partial charge in [0.25, 0.3) is 0 Å². The molecule has 6 heteroatoms. The third-order valence-corrected chi connectivity index (χ3v) is 5.73. The van der Waals surface area contributed by atoms with Gasteiger partial charge in [0.05, 0.1) is 0 Å². The van der Waals surface area contributed by atoms with Crippen LogP contribution < -0.4 is 15.5 Å². The Morgan fingerprint density at radius 1 is 0.879 bits per heavy atom. The summed E-state index contributed by atoms with van der Waals surface area (Å²) in [4.78, 5) is 15.0. The van der Waals surface area contributed by atoms with Gasteiger partial charge in [-0.05, 0) is 58.7 Å². The van der Waals surface area contributed by atoms with Crippen LogP contribution in [-0.4, -0.2) is 69.2 Å². The second kappa shape index (κ2) is 10.3. The molecular weight excluding hydrogens is 412 g/mol. The highest BCUT2D eigenvalue weighted by Gasteiger charge is 2.16. The van der Waals surface area contributed by atoms with Gasteiger partial charge in [-0.25, -0.2) is 4.58 Å². The van der Waals surface area contributed by atoms with Crippen LogP contribution in [0.25, 0.3) is 5.57 Å². The van der Waals surface area contributed by atoms with Crippen molar-refractivity contribution >= 4 is 28.6 Å². The fourth-order valence-corrected chi connectivity index (χ4v) is 3.71. The third-order valence-electron chi connectivity index (χ3n) is 5.73. The van der Waals surface area contributed by atoms with E-state index < -0.39 is 12.0 Å². The Hall–Kier alpha value is -3.64. The van der Waals surface area contributed by atoms with Crippen LogP contribution in [0.5, 0.6) is 0 Å². The Bertz CT molecular complexity index is 1100. The number of aliphatic carboxylic acids is 1. The first kappa shape index (κ1) is 24.0. The van der Waals surface area contributed by atoms with Crippen molar-refractivity contribution < 1.29 is 14.5 Å². The normalized spacial score (nSPS) is 13.6. The number of nitrogens with zero attached hydrogens (tertiary/aromatic N) is 3. The van der Waals surface area contributed by atoms with E-state index in [1.165, 1.54) is 0 Å². The fourth-order valence-electron chi connectivity index (χ4n) is 3.71. The molecule has 0 unspecified atom stereocenters. The number of nitrogens with two attached hydrogens (primary N) is 1. The summed E-state index contributed by atoms with van der Waals surface area (Å²) in [5.74, 6) is -1.00. The van der Waals surface area contributed by atoms with Crippen molar-refractivity contribution in [3.63, 3.8) is 0 Å². The van der Waals surface area contributed by atoms with Crippen LogP contribution in [0.3, 0.4) is 0 Å². The third kappa shape index (κ3) is 5.79. The van der Waals surface area contributed by atoms with E-state index >= 15 is 0 Å². The van der Waals surface area contributed by atoms with Gasteiger partial charge in [0.2, 0.25) is 0 Å². The molecule has 0 saturated heterocycles. The van der Waals surface area contributed by atoms with Crippen LogP contribution in [0.4, 0.5) is 11.4 Å². The maximum absolute atomic E-state index is 11.1. The summed E-state index contributed by atoms with van der Waals surface area (Å²) in [6.07, 6.45) is 8.55. The van der Waals surface area contributed by atoms with E-state index in [1.807, 2.05) is 52.3 Å². The summed E-state index contributed by atoms with van der Waals surface area (Å²) in [5.41, 5.74) is 13.4. The lowest BCUT2D eigenvalue weighted by atomic mass is 9.90. The van der Waals surface area contributed by atoms with Crippen molar-refractivity contribution in [3.8, 4) is 0 Å².